The van der Waals surface area contributed by atoms with Crippen LogP contribution in [0.3, 0.4) is 0 Å². The molecule has 0 unspecified atom stereocenters. The van der Waals surface area contributed by atoms with Crippen molar-refractivity contribution in [2.45, 2.75) is 19.3 Å². The second kappa shape index (κ2) is 9.57. The predicted octanol–water partition coefficient (Wildman–Crippen LogP) is 4.17. The van der Waals surface area contributed by atoms with Crippen molar-refractivity contribution >= 4 is 23.2 Å². The van der Waals surface area contributed by atoms with Gasteiger partial charge in [-0.3, -0.25) is 9.59 Å². The molecule has 2 amide bonds. The molecule has 0 saturated carbocycles. The summed E-state index contributed by atoms with van der Waals surface area (Å²) >= 11 is 1.68. The van der Waals surface area contributed by atoms with Gasteiger partial charge in [-0.25, -0.2) is 0 Å². The van der Waals surface area contributed by atoms with Crippen molar-refractivity contribution in [1.82, 2.24) is 10.2 Å². The van der Waals surface area contributed by atoms with Crippen LogP contribution in [-0.4, -0.2) is 44.0 Å². The fraction of sp³-hybridized carbons (Fsp3) is 0.308. The molecule has 166 valence electrons. The molecule has 0 radical (unpaired) electrons. The Morgan fingerprint density at radius 2 is 1.91 bits per heavy atom. The van der Waals surface area contributed by atoms with Gasteiger partial charge in [0.2, 0.25) is 11.8 Å². The maximum atomic E-state index is 13.0. The van der Waals surface area contributed by atoms with E-state index in [1.807, 2.05) is 29.2 Å². The second-order valence-corrected chi connectivity index (χ2v) is 9.12. The van der Waals surface area contributed by atoms with Crippen LogP contribution in [0.25, 0.3) is 11.1 Å². The fourth-order valence-corrected chi connectivity index (χ4v) is 5.13. The van der Waals surface area contributed by atoms with E-state index in [0.29, 0.717) is 32.4 Å². The van der Waals surface area contributed by atoms with Crippen LogP contribution >= 0.6 is 11.3 Å². The van der Waals surface area contributed by atoms with Crippen molar-refractivity contribution in [3.63, 3.8) is 0 Å². The van der Waals surface area contributed by atoms with Crippen molar-refractivity contribution in [3.05, 3.63) is 76.5 Å². The first-order chi connectivity index (χ1) is 15.5. The van der Waals surface area contributed by atoms with Gasteiger partial charge < -0.3 is 15.0 Å². The van der Waals surface area contributed by atoms with Gasteiger partial charge in [0.1, 0.15) is 5.75 Å². The van der Waals surface area contributed by atoms with E-state index < -0.39 is 5.41 Å². The van der Waals surface area contributed by atoms with E-state index in [-0.39, 0.29) is 11.8 Å². The first-order valence-corrected chi connectivity index (χ1v) is 11.7. The topological polar surface area (TPSA) is 58.6 Å². The van der Waals surface area contributed by atoms with Crippen molar-refractivity contribution in [2.75, 3.05) is 27.2 Å². The van der Waals surface area contributed by atoms with Crippen LogP contribution in [-0.2, 0) is 22.4 Å². The van der Waals surface area contributed by atoms with E-state index in [1.54, 1.807) is 25.5 Å². The summed E-state index contributed by atoms with van der Waals surface area (Å²) in [6, 6.07) is 18.1. The number of hydrogen-bond acceptors (Lipinski definition) is 4. The molecule has 1 N–H and O–H groups in total. The number of likely N-dealkylation sites (tertiary alicyclic amines) is 1. The van der Waals surface area contributed by atoms with Crippen LogP contribution in [0.1, 0.15) is 17.5 Å². The Morgan fingerprint density at radius 1 is 1.09 bits per heavy atom. The number of benzene rings is 2. The van der Waals surface area contributed by atoms with Gasteiger partial charge in [0, 0.05) is 20.1 Å². The third-order valence-corrected chi connectivity index (χ3v) is 6.94. The van der Waals surface area contributed by atoms with E-state index in [9.17, 15) is 9.59 Å². The molecule has 4 rings (SSSR count). The summed E-state index contributed by atoms with van der Waals surface area (Å²) in [5.41, 5.74) is 3.79. The quantitative estimate of drug-likeness (QED) is 0.590. The Labute approximate surface area is 193 Å². The van der Waals surface area contributed by atoms with E-state index in [1.165, 1.54) is 11.1 Å². The highest BCUT2D eigenvalue weighted by Crippen LogP contribution is 2.35. The van der Waals surface area contributed by atoms with Crippen molar-refractivity contribution in [2.24, 2.45) is 5.41 Å². The zero-order chi connectivity index (χ0) is 22.6. The van der Waals surface area contributed by atoms with Crippen LogP contribution in [0.4, 0.5) is 0 Å². The van der Waals surface area contributed by atoms with Gasteiger partial charge >= 0.3 is 0 Å². The summed E-state index contributed by atoms with van der Waals surface area (Å²) in [5.74, 6) is 0.773. The molecule has 1 atom stereocenters. The van der Waals surface area contributed by atoms with E-state index in [0.717, 1.165) is 16.9 Å². The highest BCUT2D eigenvalue weighted by Gasteiger charge is 2.45. The third kappa shape index (κ3) is 4.70. The van der Waals surface area contributed by atoms with Crippen LogP contribution in [0.2, 0.25) is 0 Å². The molecule has 2 heterocycles. The smallest absolute Gasteiger partial charge is 0.228 e. The van der Waals surface area contributed by atoms with E-state index >= 15 is 0 Å². The Hall–Kier alpha value is -3.12. The van der Waals surface area contributed by atoms with Gasteiger partial charge in [0.05, 0.1) is 18.9 Å². The van der Waals surface area contributed by atoms with Gasteiger partial charge in [-0.15, -0.1) is 0 Å². The Kier molecular flexibility index (Phi) is 6.61. The lowest BCUT2D eigenvalue weighted by molar-refractivity contribution is -0.132. The number of nitrogens with zero attached hydrogens (tertiary/aromatic N) is 1. The number of thiophene rings is 1. The van der Waals surface area contributed by atoms with Crippen molar-refractivity contribution in [1.29, 1.82) is 0 Å². The molecule has 1 aliphatic heterocycles. The molecular formula is C26H28N2O3S. The number of methoxy groups -OCH3 is 1. The SMILES string of the molecule is CNC(=O)[C@@]1(Cc2ccc(-c3ccsc3)cc2)CCN(C(=O)Cc2cccc(OC)c2)C1. The van der Waals surface area contributed by atoms with Crippen LogP contribution < -0.4 is 10.1 Å². The summed E-state index contributed by atoms with van der Waals surface area (Å²) < 4.78 is 5.26. The molecule has 1 saturated heterocycles. The van der Waals surface area contributed by atoms with Crippen LogP contribution in [0.5, 0.6) is 5.75 Å². The molecule has 32 heavy (non-hydrogen) atoms. The van der Waals surface area contributed by atoms with E-state index in [2.05, 4.69) is 46.4 Å². The highest BCUT2D eigenvalue weighted by atomic mass is 32.1. The molecule has 5 nitrogen and oxygen atoms in total. The van der Waals surface area contributed by atoms with Crippen LogP contribution in [0, 0.1) is 5.41 Å². The minimum Gasteiger partial charge on any atom is -0.497 e. The summed E-state index contributed by atoms with van der Waals surface area (Å²) in [6.07, 6.45) is 1.57. The van der Waals surface area contributed by atoms with Crippen molar-refractivity contribution in [3.8, 4) is 16.9 Å². The van der Waals surface area contributed by atoms with Crippen LogP contribution in [0.15, 0.2) is 65.4 Å². The minimum absolute atomic E-state index is 0.00362. The molecule has 1 aliphatic rings. The lowest BCUT2D eigenvalue weighted by Crippen LogP contribution is -2.44. The van der Waals surface area contributed by atoms with Gasteiger partial charge in [-0.2, -0.15) is 11.3 Å². The normalized spacial score (nSPS) is 17.9. The maximum Gasteiger partial charge on any atom is 0.228 e. The lowest BCUT2D eigenvalue weighted by atomic mass is 9.79. The highest BCUT2D eigenvalue weighted by molar-refractivity contribution is 7.08. The van der Waals surface area contributed by atoms with Gasteiger partial charge in [0.25, 0.3) is 0 Å². The lowest BCUT2D eigenvalue weighted by Gasteiger charge is -2.28. The Morgan fingerprint density at radius 3 is 2.59 bits per heavy atom. The number of ether oxygens (including phenoxy) is 1. The molecule has 3 aromatic rings. The third-order valence-electron chi connectivity index (χ3n) is 6.26. The average Bonchev–Trinajstić information content (AvgIpc) is 3.50. The number of rotatable bonds is 7. The molecule has 1 fully saturated rings. The number of carbonyl (C=O) groups excluding carboxylic acids is 2. The molecule has 2 aromatic carbocycles. The standard InChI is InChI=1S/C26H28N2O3S/c1-27-25(30)26(16-19-6-8-21(9-7-19)22-10-13-32-17-22)11-12-28(18-26)24(29)15-20-4-3-5-23(14-20)31-2/h3-10,13-14,17H,11-12,15-16,18H2,1-2H3,(H,27,30)/t26-/m1/s1. The Balaban J connectivity index is 1.47. The van der Waals surface area contributed by atoms with Crippen molar-refractivity contribution < 1.29 is 14.3 Å². The fourth-order valence-electron chi connectivity index (χ4n) is 4.46. The summed E-state index contributed by atoms with van der Waals surface area (Å²) in [6.45, 7) is 1.02. The molecule has 1 aromatic heterocycles. The molecular weight excluding hydrogens is 420 g/mol. The summed E-state index contributed by atoms with van der Waals surface area (Å²) in [4.78, 5) is 27.8. The zero-order valence-electron chi connectivity index (χ0n) is 18.5. The summed E-state index contributed by atoms with van der Waals surface area (Å²) in [5, 5.41) is 7.03. The Bertz CT molecular complexity index is 1080. The first-order valence-electron chi connectivity index (χ1n) is 10.8. The summed E-state index contributed by atoms with van der Waals surface area (Å²) in [7, 11) is 3.29. The maximum absolute atomic E-state index is 13.0. The number of carbonyl (C=O) groups is 2. The zero-order valence-corrected chi connectivity index (χ0v) is 19.3. The average molecular weight is 449 g/mol. The predicted molar refractivity (Wildman–Crippen MR) is 128 cm³/mol. The second-order valence-electron chi connectivity index (χ2n) is 8.34. The first kappa shape index (κ1) is 22.1. The molecule has 0 aliphatic carbocycles. The largest absolute Gasteiger partial charge is 0.497 e. The minimum atomic E-state index is -0.608. The molecule has 0 bridgehead atoms. The number of nitrogens with one attached hydrogen (secondary N) is 1. The molecule has 6 heteroatoms. The van der Waals surface area contributed by atoms with Gasteiger partial charge in [-0.1, -0.05) is 36.4 Å². The molecule has 0 spiro atoms. The van der Waals surface area contributed by atoms with Gasteiger partial charge in [0.15, 0.2) is 0 Å². The van der Waals surface area contributed by atoms with E-state index in [4.69, 9.17) is 4.74 Å². The van der Waals surface area contributed by atoms with Gasteiger partial charge in [-0.05, 0) is 64.1 Å². The number of hydrogen-bond donors (Lipinski definition) is 1. The monoisotopic (exact) mass is 448 g/mol. The number of amides is 2.